The van der Waals surface area contributed by atoms with Crippen molar-refractivity contribution in [3.8, 4) is 11.3 Å². The number of fused-ring (bicyclic) bond motifs is 1. The van der Waals surface area contributed by atoms with Crippen molar-refractivity contribution in [2.75, 3.05) is 24.7 Å². The Morgan fingerprint density at radius 1 is 1.23 bits per heavy atom. The van der Waals surface area contributed by atoms with Crippen molar-refractivity contribution in [2.45, 2.75) is 18.6 Å². The van der Waals surface area contributed by atoms with E-state index >= 15 is 0 Å². The average Bonchev–Trinajstić information content (AvgIpc) is 3.14. The molecule has 0 aromatic carbocycles. The molecule has 2 N–H and O–H groups in total. The molecule has 1 aliphatic heterocycles. The number of nitrogens with one attached hydrogen (secondary N) is 2. The van der Waals surface area contributed by atoms with E-state index in [0.29, 0.717) is 28.2 Å². The lowest BCUT2D eigenvalue weighted by Crippen LogP contribution is -2.52. The van der Waals surface area contributed by atoms with E-state index in [9.17, 15) is 21.6 Å². The van der Waals surface area contributed by atoms with Crippen molar-refractivity contribution in [1.29, 1.82) is 0 Å². The number of H-pyrrole nitrogens is 1. The number of rotatable bonds is 4. The van der Waals surface area contributed by atoms with E-state index in [1.807, 2.05) is 0 Å². The smallest absolute Gasteiger partial charge is 0.365 e. The van der Waals surface area contributed by atoms with Crippen molar-refractivity contribution in [2.24, 2.45) is 5.92 Å². The zero-order valence-corrected chi connectivity index (χ0v) is 16.7. The number of nitrogens with zero attached hydrogens (tertiary/aromatic N) is 4. The molecule has 0 bridgehead atoms. The van der Waals surface area contributed by atoms with E-state index in [4.69, 9.17) is 0 Å². The zero-order valence-electron chi connectivity index (χ0n) is 15.9. The molecule has 1 saturated heterocycles. The number of sulfonamides is 1. The van der Waals surface area contributed by atoms with Gasteiger partial charge < -0.3 is 10.3 Å². The highest BCUT2D eigenvalue weighted by atomic mass is 32.2. The second kappa shape index (κ2) is 7.51. The van der Waals surface area contributed by atoms with Crippen molar-refractivity contribution >= 4 is 27.0 Å². The third kappa shape index (κ3) is 4.24. The number of hydrogen-bond donors (Lipinski definition) is 2. The highest BCUT2D eigenvalue weighted by molar-refractivity contribution is 7.88. The number of piperidine rings is 1. The van der Waals surface area contributed by atoms with E-state index in [0.717, 1.165) is 10.6 Å². The maximum absolute atomic E-state index is 13.4. The van der Waals surface area contributed by atoms with Crippen LogP contribution in [0, 0.1) is 5.92 Å². The molecule has 4 rings (SSSR count). The Balaban J connectivity index is 1.65. The van der Waals surface area contributed by atoms with E-state index in [2.05, 4.69) is 25.3 Å². The monoisotopic (exact) mass is 440 g/mol. The average molecular weight is 440 g/mol. The van der Waals surface area contributed by atoms with Gasteiger partial charge in [0, 0.05) is 37.1 Å². The van der Waals surface area contributed by atoms with Gasteiger partial charge in [0.1, 0.15) is 11.3 Å². The molecule has 0 saturated carbocycles. The fraction of sp³-hybridized carbons (Fsp3) is 0.389. The molecule has 1 aliphatic rings. The summed E-state index contributed by atoms with van der Waals surface area (Å²) in [6.45, 7) is -0.658. The van der Waals surface area contributed by atoms with Crippen LogP contribution in [-0.4, -0.2) is 64.2 Å². The molecule has 0 radical (unpaired) electrons. The van der Waals surface area contributed by atoms with Crippen molar-refractivity contribution in [3.05, 3.63) is 36.8 Å². The Morgan fingerprint density at radius 3 is 2.77 bits per heavy atom. The van der Waals surface area contributed by atoms with Crippen LogP contribution < -0.4 is 5.32 Å². The zero-order chi connectivity index (χ0) is 21.5. The second-order valence-corrected chi connectivity index (χ2v) is 9.24. The molecule has 0 spiro atoms. The minimum absolute atomic E-state index is 0.0794. The number of anilines is 1. The molecule has 160 valence electrons. The molecule has 8 nitrogen and oxygen atoms in total. The first-order chi connectivity index (χ1) is 14.1. The lowest BCUT2D eigenvalue weighted by Gasteiger charge is -2.37. The van der Waals surface area contributed by atoms with Gasteiger partial charge in [-0.2, -0.15) is 17.5 Å². The first-order valence-electron chi connectivity index (χ1n) is 9.15. The summed E-state index contributed by atoms with van der Waals surface area (Å²) in [5.41, 5.74) is 2.32. The second-order valence-electron chi connectivity index (χ2n) is 7.26. The summed E-state index contributed by atoms with van der Waals surface area (Å²) in [7, 11) is -3.78. The normalized spacial score (nSPS) is 21.1. The first-order valence-corrected chi connectivity index (χ1v) is 11.0. The van der Waals surface area contributed by atoms with Crippen molar-refractivity contribution in [3.63, 3.8) is 0 Å². The summed E-state index contributed by atoms with van der Waals surface area (Å²) >= 11 is 0. The fourth-order valence-electron chi connectivity index (χ4n) is 3.55. The SMILES string of the molecule is CS(=O)(=O)N1C[C@H](Nc2ncccc2-c2cnc3[nH]ccc3n2)C[C@H](C(F)(F)F)C1. The highest BCUT2D eigenvalue weighted by Gasteiger charge is 2.46. The molecule has 3 aromatic heterocycles. The molecule has 30 heavy (non-hydrogen) atoms. The van der Waals surface area contributed by atoms with Gasteiger partial charge in [-0.25, -0.2) is 23.4 Å². The maximum atomic E-state index is 13.4. The Kier molecular flexibility index (Phi) is 5.14. The lowest BCUT2D eigenvalue weighted by molar-refractivity contribution is -0.183. The van der Waals surface area contributed by atoms with Crippen LogP contribution in [-0.2, 0) is 10.0 Å². The van der Waals surface area contributed by atoms with E-state index in [1.165, 1.54) is 6.20 Å². The van der Waals surface area contributed by atoms with Gasteiger partial charge in [-0.05, 0) is 24.6 Å². The van der Waals surface area contributed by atoms with Crippen molar-refractivity contribution in [1.82, 2.24) is 24.2 Å². The Morgan fingerprint density at radius 2 is 2.03 bits per heavy atom. The van der Waals surface area contributed by atoms with Crippen molar-refractivity contribution < 1.29 is 21.6 Å². The molecule has 12 heteroatoms. The van der Waals surface area contributed by atoms with Gasteiger partial charge >= 0.3 is 6.18 Å². The maximum Gasteiger partial charge on any atom is 0.393 e. The van der Waals surface area contributed by atoms with Gasteiger partial charge in [0.25, 0.3) is 0 Å². The molecular weight excluding hydrogens is 421 g/mol. The summed E-state index contributed by atoms with van der Waals surface area (Å²) < 4.78 is 64.9. The van der Waals surface area contributed by atoms with Crippen LogP contribution in [0.2, 0.25) is 0 Å². The Bertz CT molecular complexity index is 1160. The van der Waals surface area contributed by atoms with E-state index < -0.39 is 34.7 Å². The van der Waals surface area contributed by atoms with Crippen LogP contribution in [0.3, 0.4) is 0 Å². The summed E-state index contributed by atoms with van der Waals surface area (Å²) in [4.78, 5) is 16.0. The third-order valence-corrected chi connectivity index (χ3v) is 6.27. The summed E-state index contributed by atoms with van der Waals surface area (Å²) in [5.74, 6) is -1.44. The van der Waals surface area contributed by atoms with Gasteiger partial charge in [0.15, 0.2) is 5.65 Å². The molecule has 3 aromatic rings. The van der Waals surface area contributed by atoms with Crippen LogP contribution >= 0.6 is 0 Å². The number of aromatic nitrogens is 4. The fourth-order valence-corrected chi connectivity index (χ4v) is 4.45. The Hall–Kier alpha value is -2.73. The first kappa shape index (κ1) is 20.5. The molecule has 0 unspecified atom stereocenters. The van der Waals surface area contributed by atoms with E-state index in [-0.39, 0.29) is 13.0 Å². The number of aromatic amines is 1. The predicted molar refractivity (Wildman–Crippen MR) is 105 cm³/mol. The van der Waals surface area contributed by atoms with Gasteiger partial charge in [0.05, 0.1) is 24.1 Å². The highest BCUT2D eigenvalue weighted by Crippen LogP contribution is 2.35. The number of halogens is 3. The summed E-state index contributed by atoms with van der Waals surface area (Å²) in [6.07, 6.45) is 0.914. The van der Waals surface area contributed by atoms with Crippen LogP contribution in [0.4, 0.5) is 19.0 Å². The number of pyridine rings is 1. The van der Waals surface area contributed by atoms with Gasteiger partial charge in [0.2, 0.25) is 10.0 Å². The third-order valence-electron chi connectivity index (χ3n) is 5.03. The van der Waals surface area contributed by atoms with E-state index in [1.54, 1.807) is 30.6 Å². The molecule has 4 heterocycles. The largest absolute Gasteiger partial charge is 0.393 e. The van der Waals surface area contributed by atoms with Crippen LogP contribution in [0.15, 0.2) is 36.8 Å². The topological polar surface area (TPSA) is 104 Å². The van der Waals surface area contributed by atoms with Gasteiger partial charge in [-0.1, -0.05) is 0 Å². The molecule has 0 aliphatic carbocycles. The predicted octanol–water partition coefficient (Wildman–Crippen LogP) is 2.64. The van der Waals surface area contributed by atoms with Gasteiger partial charge in [-0.15, -0.1) is 0 Å². The standard InChI is InChI=1S/C18H19F3N6O2S/c1-30(28,29)27-9-11(18(19,20)21)7-12(10-27)25-16-13(3-2-5-22-16)15-8-24-17-14(26-15)4-6-23-17/h2-6,8,11-12H,7,9-10H2,1H3,(H,22,25)(H,23,24)/t11-,12+/m0/s1. The molecule has 2 atom stereocenters. The minimum atomic E-state index is -4.50. The molecule has 0 amide bonds. The minimum Gasteiger partial charge on any atom is -0.365 e. The van der Waals surface area contributed by atoms with Gasteiger partial charge in [-0.3, -0.25) is 0 Å². The quantitative estimate of drug-likeness (QED) is 0.647. The summed E-state index contributed by atoms with van der Waals surface area (Å²) in [5, 5.41) is 3.00. The molecule has 1 fully saturated rings. The molecular formula is C18H19F3N6O2S. The van der Waals surface area contributed by atoms with Crippen LogP contribution in [0.1, 0.15) is 6.42 Å². The number of alkyl halides is 3. The van der Waals surface area contributed by atoms with Crippen LogP contribution in [0.5, 0.6) is 0 Å². The summed E-state index contributed by atoms with van der Waals surface area (Å²) in [6, 6.07) is 4.41. The Labute approximate surface area is 170 Å². The van der Waals surface area contributed by atoms with Crippen LogP contribution in [0.25, 0.3) is 22.4 Å². The lowest BCUT2D eigenvalue weighted by atomic mass is 9.95. The number of hydrogen-bond acceptors (Lipinski definition) is 6.